The van der Waals surface area contributed by atoms with Crippen LogP contribution in [0.1, 0.15) is 141 Å². The summed E-state index contributed by atoms with van der Waals surface area (Å²) < 4.78 is 0. The normalized spacial score (nSPS) is 24.7. The highest BCUT2D eigenvalue weighted by Gasteiger charge is 2.46. The Morgan fingerprint density at radius 2 is 1.12 bits per heavy atom. The van der Waals surface area contributed by atoms with Gasteiger partial charge in [-0.25, -0.2) is 0 Å². The largest absolute Gasteiger partial charge is 0.340 e. The molecule has 1 amide bonds. The topological polar surface area (TPSA) is 23.6 Å². The first-order valence-electron chi connectivity index (χ1n) is 15.1. The second-order valence-corrected chi connectivity index (χ2v) is 10.5. The number of likely N-dealkylation sites (tertiary alicyclic amines) is 1. The molecule has 0 aromatic carbocycles. The molecule has 3 fully saturated rings. The Bertz CT molecular complexity index is 436. The van der Waals surface area contributed by atoms with Crippen LogP contribution in [0.2, 0.25) is 0 Å². The molecule has 208 valence electrons. The van der Waals surface area contributed by atoms with Crippen LogP contribution in [0.4, 0.5) is 0 Å². The summed E-state index contributed by atoms with van der Waals surface area (Å²) in [4.78, 5) is 15.8. The van der Waals surface area contributed by atoms with Gasteiger partial charge in [-0.05, 0) is 57.0 Å². The maximum atomic E-state index is 11.8. The third-order valence-corrected chi connectivity index (χ3v) is 7.53. The first-order valence-corrected chi connectivity index (χ1v) is 15.1. The lowest BCUT2D eigenvalue weighted by Gasteiger charge is -2.53. The molecule has 1 saturated heterocycles. The number of amides is 1. The molecule has 3 nitrogen and oxygen atoms in total. The van der Waals surface area contributed by atoms with Crippen molar-refractivity contribution >= 4 is 5.91 Å². The molecule has 0 aromatic rings. The lowest BCUT2D eigenvalue weighted by Crippen LogP contribution is -2.60. The number of hydrogen-bond acceptors (Lipinski definition) is 2. The van der Waals surface area contributed by atoms with E-state index in [4.69, 9.17) is 0 Å². The predicted octanol–water partition coefficient (Wildman–Crippen LogP) is 9.30. The number of hydrogen-bond donors (Lipinski definition) is 0. The van der Waals surface area contributed by atoms with Crippen molar-refractivity contribution in [2.24, 2.45) is 22.7 Å². The number of nitrogens with zero attached hydrogens (tertiary/aromatic N) is 2. The van der Waals surface area contributed by atoms with Gasteiger partial charge in [-0.3, -0.25) is 4.79 Å². The van der Waals surface area contributed by atoms with Gasteiger partial charge in [0.15, 0.2) is 0 Å². The summed E-state index contributed by atoms with van der Waals surface area (Å²) in [7, 11) is 3.91. The lowest BCUT2D eigenvalue weighted by molar-refractivity contribution is -0.146. The van der Waals surface area contributed by atoms with Crippen molar-refractivity contribution in [1.29, 1.82) is 0 Å². The van der Waals surface area contributed by atoms with Crippen LogP contribution in [0.25, 0.3) is 0 Å². The van der Waals surface area contributed by atoms with Crippen molar-refractivity contribution in [3.63, 3.8) is 0 Å². The van der Waals surface area contributed by atoms with Crippen LogP contribution in [-0.2, 0) is 4.79 Å². The second-order valence-electron chi connectivity index (χ2n) is 10.5. The molecular weight excluding hydrogens is 416 g/mol. The molecular formula is C31H68N2O. The minimum Gasteiger partial charge on any atom is -0.340 e. The van der Waals surface area contributed by atoms with Crippen molar-refractivity contribution in [1.82, 2.24) is 9.80 Å². The highest BCUT2D eigenvalue weighted by Crippen LogP contribution is 2.45. The van der Waals surface area contributed by atoms with Gasteiger partial charge in [0.05, 0.1) is 6.54 Å². The third-order valence-electron chi connectivity index (χ3n) is 7.53. The van der Waals surface area contributed by atoms with Crippen molar-refractivity contribution in [2.45, 2.75) is 141 Å². The minimum atomic E-state index is 0.300. The van der Waals surface area contributed by atoms with Crippen molar-refractivity contribution in [3.05, 3.63) is 0 Å². The van der Waals surface area contributed by atoms with Gasteiger partial charge in [0.2, 0.25) is 5.91 Å². The van der Waals surface area contributed by atoms with Gasteiger partial charge in [-0.1, -0.05) is 115 Å². The van der Waals surface area contributed by atoms with E-state index in [1.807, 2.05) is 79.3 Å². The van der Waals surface area contributed by atoms with Gasteiger partial charge in [0, 0.05) is 18.5 Å². The fraction of sp³-hybridized carbons (Fsp3) is 0.968. The number of carbonyl (C=O) groups excluding carboxylic acids is 1. The third kappa shape index (κ3) is 14.7. The molecule has 1 aliphatic heterocycles. The number of likely N-dealkylation sites (N-methyl/N-ethyl adjacent to an activating group) is 1. The molecule has 3 aliphatic rings. The van der Waals surface area contributed by atoms with Gasteiger partial charge in [0.25, 0.3) is 0 Å². The van der Waals surface area contributed by atoms with E-state index in [-0.39, 0.29) is 0 Å². The Balaban J connectivity index is -0.000000461. The Hall–Kier alpha value is -0.570. The quantitative estimate of drug-likeness (QED) is 0.398. The molecule has 3 rings (SSSR count). The van der Waals surface area contributed by atoms with Crippen LogP contribution < -0.4 is 0 Å². The van der Waals surface area contributed by atoms with E-state index in [1.54, 1.807) is 0 Å². The van der Waals surface area contributed by atoms with Gasteiger partial charge in [0.1, 0.15) is 0 Å². The van der Waals surface area contributed by atoms with E-state index in [9.17, 15) is 4.79 Å². The summed E-state index contributed by atoms with van der Waals surface area (Å²) in [5, 5.41) is 0. The molecule has 0 aromatic heterocycles. The van der Waals surface area contributed by atoms with Gasteiger partial charge in [-0.15, -0.1) is 0 Å². The number of carbonyl (C=O) groups is 1. The Morgan fingerprint density at radius 3 is 1.44 bits per heavy atom. The van der Waals surface area contributed by atoms with E-state index >= 15 is 0 Å². The molecule has 3 heteroatoms. The van der Waals surface area contributed by atoms with E-state index < -0.39 is 0 Å². The molecule has 0 N–H and O–H groups in total. The monoisotopic (exact) mass is 485 g/mol. The lowest BCUT2D eigenvalue weighted by atomic mass is 9.66. The predicted molar refractivity (Wildman–Crippen MR) is 157 cm³/mol. The van der Waals surface area contributed by atoms with E-state index in [0.717, 1.165) is 24.9 Å². The Labute approximate surface area is 217 Å². The van der Waals surface area contributed by atoms with Gasteiger partial charge >= 0.3 is 0 Å². The smallest absolute Gasteiger partial charge is 0.236 e. The van der Waals surface area contributed by atoms with E-state index in [0.29, 0.717) is 23.3 Å². The molecule has 0 radical (unpaired) electrons. The van der Waals surface area contributed by atoms with E-state index in [2.05, 4.69) is 27.7 Å². The fourth-order valence-electron chi connectivity index (χ4n) is 4.81. The van der Waals surface area contributed by atoms with E-state index in [1.165, 1.54) is 57.8 Å². The van der Waals surface area contributed by atoms with Crippen LogP contribution >= 0.6 is 0 Å². The molecule has 2 aliphatic carbocycles. The van der Waals surface area contributed by atoms with Crippen LogP contribution in [0.5, 0.6) is 0 Å². The zero-order valence-corrected chi connectivity index (χ0v) is 26.4. The highest BCUT2D eigenvalue weighted by atomic mass is 16.2. The summed E-state index contributed by atoms with van der Waals surface area (Å²) in [6.07, 6.45) is 12.6. The van der Waals surface area contributed by atoms with Gasteiger partial charge in [-0.2, -0.15) is 0 Å². The summed E-state index contributed by atoms with van der Waals surface area (Å²) in [5.41, 5.74) is 1.21. The standard InChI is InChI=1S/C13H24N2O.C10H20.4C2H6/c1-11-4-6-13(7-5-11)9-15(10-13)12(16)8-14(2)3;1-4-10(3)7-5-9(2)6-8-10;4*1-2/h11H,4-10H2,1-3H3;9H,4-8H2,1-3H3;4*1-2H3. The number of rotatable bonds is 3. The molecule has 0 atom stereocenters. The zero-order chi connectivity index (χ0) is 27.4. The summed E-state index contributed by atoms with van der Waals surface area (Å²) >= 11 is 0. The first kappa shape index (κ1) is 38.0. The summed E-state index contributed by atoms with van der Waals surface area (Å²) in [6, 6.07) is 0. The SMILES string of the molecule is CC.CC.CC.CC.CC1CCC2(CC1)CN(C(=O)CN(C)C)C2.CCC1(C)CCC(C)CC1. The fourth-order valence-corrected chi connectivity index (χ4v) is 4.81. The van der Waals surface area contributed by atoms with Crippen molar-refractivity contribution in [3.8, 4) is 0 Å². The average Bonchev–Trinajstić information content (AvgIpc) is 2.85. The molecule has 1 spiro atoms. The first-order chi connectivity index (χ1) is 16.2. The van der Waals surface area contributed by atoms with Crippen LogP contribution in [-0.4, -0.2) is 49.4 Å². The van der Waals surface area contributed by atoms with Crippen LogP contribution in [0.15, 0.2) is 0 Å². The molecule has 2 saturated carbocycles. The molecule has 1 heterocycles. The minimum absolute atomic E-state index is 0.300. The average molecular weight is 485 g/mol. The van der Waals surface area contributed by atoms with Gasteiger partial charge < -0.3 is 9.80 Å². The zero-order valence-electron chi connectivity index (χ0n) is 26.4. The molecule has 0 bridgehead atoms. The van der Waals surface area contributed by atoms with Crippen LogP contribution in [0, 0.1) is 22.7 Å². The summed E-state index contributed by atoms with van der Waals surface area (Å²) in [5.74, 6) is 2.20. The summed E-state index contributed by atoms with van der Waals surface area (Å²) in [6.45, 7) is 28.1. The Kier molecular flexibility index (Phi) is 24.2. The van der Waals surface area contributed by atoms with Crippen molar-refractivity contribution < 1.29 is 4.79 Å². The van der Waals surface area contributed by atoms with Crippen molar-refractivity contribution in [2.75, 3.05) is 33.7 Å². The highest BCUT2D eigenvalue weighted by molar-refractivity contribution is 5.79. The molecule has 0 unspecified atom stereocenters. The second kappa shape index (κ2) is 21.7. The van der Waals surface area contributed by atoms with Crippen LogP contribution in [0.3, 0.4) is 0 Å². The maximum absolute atomic E-state index is 11.8. The Morgan fingerprint density at radius 1 is 0.765 bits per heavy atom. The molecule has 34 heavy (non-hydrogen) atoms. The maximum Gasteiger partial charge on any atom is 0.236 e.